The summed E-state index contributed by atoms with van der Waals surface area (Å²) in [7, 11) is -3.82. The van der Waals surface area contributed by atoms with Crippen LogP contribution in [0.15, 0.2) is 41.3 Å². The Balaban J connectivity index is 1.76. The zero-order valence-corrected chi connectivity index (χ0v) is 16.4. The van der Waals surface area contributed by atoms with Gasteiger partial charge in [-0.15, -0.1) is 0 Å². The Bertz CT molecular complexity index is 1030. The van der Waals surface area contributed by atoms with Crippen LogP contribution < -0.4 is 10.1 Å². The van der Waals surface area contributed by atoms with E-state index in [1.54, 1.807) is 18.2 Å². The first-order chi connectivity index (χ1) is 12.9. The molecule has 2 saturated heterocycles. The second-order valence-electron chi connectivity index (χ2n) is 6.55. The number of nitrogens with one attached hydrogen (secondary N) is 1. The van der Waals surface area contributed by atoms with E-state index in [2.05, 4.69) is 5.32 Å². The molecule has 4 rings (SSSR count). The van der Waals surface area contributed by atoms with E-state index in [0.29, 0.717) is 28.9 Å². The molecule has 0 aliphatic carbocycles. The van der Waals surface area contributed by atoms with Crippen LogP contribution in [0.1, 0.15) is 12.0 Å². The number of rotatable bonds is 4. The van der Waals surface area contributed by atoms with Gasteiger partial charge in [0.15, 0.2) is 0 Å². The van der Waals surface area contributed by atoms with Crippen LogP contribution in [-0.2, 0) is 10.0 Å². The Morgan fingerprint density at radius 1 is 1.19 bits per heavy atom. The summed E-state index contributed by atoms with van der Waals surface area (Å²) in [6.45, 7) is 1.04. The monoisotopic (exact) mass is 423 g/mol. The fourth-order valence-corrected chi connectivity index (χ4v) is 5.85. The highest BCUT2D eigenvalue weighted by atomic mass is 35.5. The molecule has 2 aromatic rings. The molecular formula is C18H15Cl2N3O3S. The second kappa shape index (κ2) is 6.97. The third-order valence-corrected chi connectivity index (χ3v) is 7.11. The van der Waals surface area contributed by atoms with Crippen molar-refractivity contribution in [2.75, 3.05) is 13.1 Å². The summed E-state index contributed by atoms with van der Waals surface area (Å²) in [5.74, 6) is 0.446. The maximum Gasteiger partial charge on any atom is 0.247 e. The molecule has 0 radical (unpaired) electrons. The van der Waals surface area contributed by atoms with Gasteiger partial charge in [-0.2, -0.15) is 9.57 Å². The topological polar surface area (TPSA) is 82.4 Å². The highest BCUT2D eigenvalue weighted by Crippen LogP contribution is 2.37. The molecule has 2 fully saturated rings. The summed E-state index contributed by atoms with van der Waals surface area (Å²) in [6.07, 6.45) is 0.789. The molecule has 2 bridgehead atoms. The van der Waals surface area contributed by atoms with Crippen LogP contribution in [0.5, 0.6) is 11.5 Å². The van der Waals surface area contributed by atoms with Crippen LogP contribution in [0, 0.1) is 11.3 Å². The van der Waals surface area contributed by atoms with Crippen LogP contribution in [0.4, 0.5) is 0 Å². The molecule has 2 aliphatic heterocycles. The maximum atomic E-state index is 13.3. The van der Waals surface area contributed by atoms with Gasteiger partial charge in [-0.25, -0.2) is 8.42 Å². The molecule has 6 nitrogen and oxygen atoms in total. The van der Waals surface area contributed by atoms with Gasteiger partial charge >= 0.3 is 0 Å². The largest absolute Gasteiger partial charge is 0.456 e. The normalized spacial score (nSPS) is 22.0. The van der Waals surface area contributed by atoms with Gasteiger partial charge in [0.1, 0.15) is 16.4 Å². The number of ether oxygens (including phenoxy) is 1. The number of hydrogen-bond acceptors (Lipinski definition) is 5. The van der Waals surface area contributed by atoms with E-state index in [1.807, 2.05) is 6.07 Å². The standard InChI is InChI=1S/C18H15Cl2N3O3S/c19-12-4-13(20)6-16(5-12)26-17-2-1-11(8-21)3-18(17)27(24,25)23-10-14-7-15(23)9-22-14/h1-6,14-15,22H,7,9-10H2. The van der Waals surface area contributed by atoms with Crippen LogP contribution in [-0.4, -0.2) is 37.9 Å². The van der Waals surface area contributed by atoms with E-state index in [0.717, 1.165) is 6.42 Å². The van der Waals surface area contributed by atoms with Crippen molar-refractivity contribution in [1.82, 2.24) is 9.62 Å². The molecule has 2 aliphatic rings. The molecule has 140 valence electrons. The van der Waals surface area contributed by atoms with Crippen molar-refractivity contribution in [2.24, 2.45) is 0 Å². The predicted octanol–water partition coefficient (Wildman–Crippen LogP) is 3.39. The Morgan fingerprint density at radius 3 is 2.52 bits per heavy atom. The zero-order chi connectivity index (χ0) is 19.2. The molecular weight excluding hydrogens is 409 g/mol. The number of nitrogens with zero attached hydrogens (tertiary/aromatic N) is 2. The van der Waals surface area contributed by atoms with Crippen molar-refractivity contribution in [3.05, 3.63) is 52.0 Å². The van der Waals surface area contributed by atoms with Crippen molar-refractivity contribution in [3.63, 3.8) is 0 Å². The average Bonchev–Trinajstić information content (AvgIpc) is 3.24. The lowest BCUT2D eigenvalue weighted by molar-refractivity contribution is 0.347. The Morgan fingerprint density at radius 2 is 1.93 bits per heavy atom. The molecule has 0 spiro atoms. The van der Waals surface area contributed by atoms with Gasteiger partial charge < -0.3 is 10.1 Å². The Labute approximate surface area is 167 Å². The highest BCUT2D eigenvalue weighted by molar-refractivity contribution is 7.89. The number of piperazine rings is 1. The quantitative estimate of drug-likeness (QED) is 0.814. The number of nitriles is 1. The van der Waals surface area contributed by atoms with Gasteiger partial charge in [0.25, 0.3) is 0 Å². The van der Waals surface area contributed by atoms with Gasteiger partial charge in [-0.1, -0.05) is 23.2 Å². The highest BCUT2D eigenvalue weighted by Gasteiger charge is 2.45. The van der Waals surface area contributed by atoms with Crippen LogP contribution in [0.3, 0.4) is 0 Å². The zero-order valence-electron chi connectivity index (χ0n) is 14.0. The molecule has 1 N–H and O–H groups in total. The molecule has 9 heteroatoms. The third kappa shape index (κ3) is 3.51. The first-order valence-electron chi connectivity index (χ1n) is 8.30. The lowest BCUT2D eigenvalue weighted by Crippen LogP contribution is -2.46. The molecule has 2 unspecified atom stereocenters. The molecule has 2 atom stereocenters. The molecule has 0 saturated carbocycles. The van der Waals surface area contributed by atoms with E-state index in [1.165, 1.54) is 22.5 Å². The van der Waals surface area contributed by atoms with Gasteiger partial charge in [0, 0.05) is 35.2 Å². The van der Waals surface area contributed by atoms with Crippen molar-refractivity contribution < 1.29 is 13.2 Å². The third-order valence-electron chi connectivity index (χ3n) is 4.73. The van der Waals surface area contributed by atoms with E-state index in [9.17, 15) is 13.7 Å². The maximum absolute atomic E-state index is 13.3. The van der Waals surface area contributed by atoms with E-state index >= 15 is 0 Å². The van der Waals surface area contributed by atoms with Gasteiger partial charge in [-0.3, -0.25) is 0 Å². The van der Waals surface area contributed by atoms with Gasteiger partial charge in [-0.05, 0) is 42.8 Å². The van der Waals surface area contributed by atoms with Crippen molar-refractivity contribution >= 4 is 33.2 Å². The lowest BCUT2D eigenvalue weighted by atomic mass is 10.2. The van der Waals surface area contributed by atoms with Crippen molar-refractivity contribution in [1.29, 1.82) is 5.26 Å². The Hall–Kier alpha value is -1.82. The van der Waals surface area contributed by atoms with Crippen molar-refractivity contribution in [2.45, 2.75) is 23.4 Å². The molecule has 2 aromatic carbocycles. The summed E-state index contributed by atoms with van der Waals surface area (Å²) in [5.41, 5.74) is 0.243. The van der Waals surface area contributed by atoms with Crippen LogP contribution >= 0.6 is 23.2 Å². The van der Waals surface area contributed by atoms with E-state index in [-0.39, 0.29) is 28.3 Å². The minimum Gasteiger partial charge on any atom is -0.456 e. The first-order valence-corrected chi connectivity index (χ1v) is 10.5. The summed E-state index contributed by atoms with van der Waals surface area (Å²) < 4.78 is 33.9. The molecule has 27 heavy (non-hydrogen) atoms. The lowest BCUT2D eigenvalue weighted by Gasteiger charge is -2.27. The molecule has 0 aromatic heterocycles. The summed E-state index contributed by atoms with van der Waals surface area (Å²) in [6, 6.07) is 11.0. The van der Waals surface area contributed by atoms with Gasteiger partial charge in [0.05, 0.1) is 11.6 Å². The number of hydrogen-bond donors (Lipinski definition) is 1. The minimum atomic E-state index is -3.82. The second-order valence-corrected chi connectivity index (χ2v) is 9.28. The first kappa shape index (κ1) is 18.5. The predicted molar refractivity (Wildman–Crippen MR) is 102 cm³/mol. The van der Waals surface area contributed by atoms with E-state index in [4.69, 9.17) is 27.9 Å². The fraction of sp³-hybridized carbons (Fsp3) is 0.278. The molecule has 2 heterocycles. The number of fused-ring (bicyclic) bond motifs is 2. The number of benzene rings is 2. The number of sulfonamides is 1. The average molecular weight is 424 g/mol. The Kier molecular flexibility index (Phi) is 4.78. The van der Waals surface area contributed by atoms with E-state index < -0.39 is 10.0 Å². The van der Waals surface area contributed by atoms with Crippen LogP contribution in [0.2, 0.25) is 10.0 Å². The molecule has 0 amide bonds. The van der Waals surface area contributed by atoms with Crippen molar-refractivity contribution in [3.8, 4) is 17.6 Å². The number of halogens is 2. The fourth-order valence-electron chi connectivity index (χ4n) is 3.52. The minimum absolute atomic E-state index is 0.0369. The van der Waals surface area contributed by atoms with Crippen LogP contribution in [0.25, 0.3) is 0 Å². The smallest absolute Gasteiger partial charge is 0.247 e. The SMILES string of the molecule is N#Cc1ccc(Oc2cc(Cl)cc(Cl)c2)c(S(=O)(=O)N2CC3CC2CN3)c1. The summed E-state index contributed by atoms with van der Waals surface area (Å²) in [5, 5.41) is 13.2. The van der Waals surface area contributed by atoms with Gasteiger partial charge in [0.2, 0.25) is 10.0 Å². The summed E-state index contributed by atoms with van der Waals surface area (Å²) >= 11 is 12.0. The summed E-state index contributed by atoms with van der Waals surface area (Å²) in [4.78, 5) is -0.0369.